The number of rotatable bonds is 2. The molecule has 0 aromatic carbocycles. The third-order valence-electron chi connectivity index (χ3n) is 2.61. The Labute approximate surface area is 111 Å². The first kappa shape index (κ1) is 13.0. The summed E-state index contributed by atoms with van der Waals surface area (Å²) in [5.41, 5.74) is 1.40. The lowest BCUT2D eigenvalue weighted by molar-refractivity contribution is 0.352. The molecule has 98 valence electrons. The first-order valence-corrected chi connectivity index (χ1v) is 6.04. The van der Waals surface area contributed by atoms with Crippen molar-refractivity contribution < 1.29 is 4.74 Å². The van der Waals surface area contributed by atoms with Gasteiger partial charge in [0, 0.05) is 18.8 Å². The van der Waals surface area contributed by atoms with Crippen LogP contribution in [0.2, 0.25) is 5.15 Å². The molecule has 2 rings (SSSR count). The monoisotopic (exact) mass is 268 g/mol. The molecule has 2 aromatic heterocycles. The first-order valence-electron chi connectivity index (χ1n) is 5.66. The lowest BCUT2D eigenvalue weighted by Gasteiger charge is -2.19. The van der Waals surface area contributed by atoms with Crippen molar-refractivity contribution in [1.29, 1.82) is 0 Å². The Kier molecular flexibility index (Phi) is 3.11. The Morgan fingerprint density at radius 1 is 1.33 bits per heavy atom. The minimum absolute atomic E-state index is 0.204. The first-order chi connectivity index (χ1) is 8.34. The summed E-state index contributed by atoms with van der Waals surface area (Å²) in [6, 6.07) is 0. The van der Waals surface area contributed by atoms with Crippen molar-refractivity contribution in [3.8, 4) is 17.0 Å². The van der Waals surface area contributed by atoms with Gasteiger partial charge >= 0.3 is 0 Å². The van der Waals surface area contributed by atoms with Crippen molar-refractivity contribution in [2.75, 3.05) is 7.11 Å². The second-order valence-corrected chi connectivity index (χ2v) is 5.52. The zero-order chi connectivity index (χ0) is 13.5. The summed E-state index contributed by atoms with van der Waals surface area (Å²) >= 11 is 6.32. The van der Waals surface area contributed by atoms with Crippen molar-refractivity contribution in [3.63, 3.8) is 0 Å². The van der Waals surface area contributed by atoms with Gasteiger partial charge in [0.05, 0.1) is 18.8 Å². The standard InChI is InChI=1S/C12H17ClN4O/c1-12(2,3)17-11(13)10(18-5)9(15-17)8-6-14-16(4)7-8/h6-7H,1-5H3. The van der Waals surface area contributed by atoms with Gasteiger partial charge in [0.15, 0.2) is 10.9 Å². The van der Waals surface area contributed by atoms with Gasteiger partial charge in [-0.1, -0.05) is 11.6 Å². The Balaban J connectivity index is 2.61. The molecule has 0 radical (unpaired) electrons. The molecular formula is C12H17ClN4O. The molecule has 0 bridgehead atoms. The van der Waals surface area contributed by atoms with E-state index in [1.165, 1.54) is 0 Å². The number of ether oxygens (including phenoxy) is 1. The van der Waals surface area contributed by atoms with Crippen LogP contribution < -0.4 is 4.74 Å². The van der Waals surface area contributed by atoms with E-state index in [-0.39, 0.29) is 5.54 Å². The van der Waals surface area contributed by atoms with Crippen LogP contribution in [-0.4, -0.2) is 26.7 Å². The van der Waals surface area contributed by atoms with Gasteiger partial charge in [-0.2, -0.15) is 10.2 Å². The van der Waals surface area contributed by atoms with E-state index >= 15 is 0 Å². The predicted octanol–water partition coefficient (Wildman–Crippen LogP) is 2.70. The molecule has 2 aromatic rings. The molecule has 0 saturated heterocycles. The second kappa shape index (κ2) is 4.31. The van der Waals surface area contributed by atoms with Crippen molar-refractivity contribution >= 4 is 11.6 Å². The van der Waals surface area contributed by atoms with Crippen LogP contribution in [0.25, 0.3) is 11.3 Å². The van der Waals surface area contributed by atoms with E-state index in [1.54, 1.807) is 22.7 Å². The highest BCUT2D eigenvalue weighted by Gasteiger charge is 2.25. The average Bonchev–Trinajstić information content (AvgIpc) is 2.81. The van der Waals surface area contributed by atoms with Crippen molar-refractivity contribution in [2.24, 2.45) is 7.05 Å². The number of halogens is 1. The van der Waals surface area contributed by atoms with Crippen LogP contribution in [0.3, 0.4) is 0 Å². The lowest BCUT2D eigenvalue weighted by atomic mass is 10.1. The molecule has 0 atom stereocenters. The lowest BCUT2D eigenvalue weighted by Crippen LogP contribution is -2.23. The smallest absolute Gasteiger partial charge is 0.184 e. The summed E-state index contributed by atoms with van der Waals surface area (Å²) in [7, 11) is 3.45. The average molecular weight is 269 g/mol. The molecular weight excluding hydrogens is 252 g/mol. The van der Waals surface area contributed by atoms with E-state index in [9.17, 15) is 0 Å². The molecule has 0 fully saturated rings. The van der Waals surface area contributed by atoms with Crippen LogP contribution in [0.5, 0.6) is 5.75 Å². The van der Waals surface area contributed by atoms with Gasteiger partial charge in [-0.3, -0.25) is 4.68 Å². The SMILES string of the molecule is COc1c(-c2cnn(C)c2)nn(C(C)(C)C)c1Cl. The van der Waals surface area contributed by atoms with Crippen molar-refractivity contribution in [3.05, 3.63) is 17.5 Å². The third kappa shape index (κ3) is 2.10. The zero-order valence-corrected chi connectivity index (χ0v) is 12.0. The summed E-state index contributed by atoms with van der Waals surface area (Å²) < 4.78 is 8.84. The highest BCUT2D eigenvalue weighted by Crippen LogP contribution is 2.38. The molecule has 0 saturated carbocycles. The summed E-state index contributed by atoms with van der Waals surface area (Å²) in [5, 5.41) is 9.18. The summed E-state index contributed by atoms with van der Waals surface area (Å²) in [6.45, 7) is 6.12. The maximum Gasteiger partial charge on any atom is 0.184 e. The number of nitrogens with zero attached hydrogens (tertiary/aromatic N) is 4. The molecule has 18 heavy (non-hydrogen) atoms. The van der Waals surface area contributed by atoms with Gasteiger partial charge in [-0.05, 0) is 20.8 Å². The van der Waals surface area contributed by atoms with Crippen LogP contribution in [0, 0.1) is 0 Å². The number of aromatic nitrogens is 4. The van der Waals surface area contributed by atoms with Crippen LogP contribution in [0.4, 0.5) is 0 Å². The second-order valence-electron chi connectivity index (χ2n) is 5.16. The van der Waals surface area contributed by atoms with E-state index in [4.69, 9.17) is 16.3 Å². The third-order valence-corrected chi connectivity index (χ3v) is 2.94. The van der Waals surface area contributed by atoms with Crippen LogP contribution in [-0.2, 0) is 12.6 Å². The molecule has 0 aliphatic heterocycles. The van der Waals surface area contributed by atoms with Gasteiger partial charge in [-0.25, -0.2) is 4.68 Å². The highest BCUT2D eigenvalue weighted by molar-refractivity contribution is 6.31. The molecule has 0 N–H and O–H groups in total. The largest absolute Gasteiger partial charge is 0.491 e. The highest BCUT2D eigenvalue weighted by atomic mass is 35.5. The zero-order valence-electron chi connectivity index (χ0n) is 11.2. The summed E-state index contributed by atoms with van der Waals surface area (Å²) in [6.07, 6.45) is 3.63. The minimum Gasteiger partial charge on any atom is -0.491 e. The van der Waals surface area contributed by atoms with Crippen LogP contribution in [0.1, 0.15) is 20.8 Å². The van der Waals surface area contributed by atoms with Gasteiger partial charge in [0.25, 0.3) is 0 Å². The molecule has 0 unspecified atom stereocenters. The Bertz CT molecular complexity index is 565. The molecule has 0 spiro atoms. The van der Waals surface area contributed by atoms with E-state index in [0.717, 1.165) is 5.56 Å². The van der Waals surface area contributed by atoms with Gasteiger partial charge in [0.1, 0.15) is 5.69 Å². The number of methoxy groups -OCH3 is 1. The molecule has 2 heterocycles. The van der Waals surface area contributed by atoms with Crippen LogP contribution in [0.15, 0.2) is 12.4 Å². The van der Waals surface area contributed by atoms with Gasteiger partial charge in [0.2, 0.25) is 0 Å². The topological polar surface area (TPSA) is 44.9 Å². The normalized spacial score (nSPS) is 11.9. The predicted molar refractivity (Wildman–Crippen MR) is 71.0 cm³/mol. The van der Waals surface area contributed by atoms with Crippen LogP contribution >= 0.6 is 11.6 Å². The fourth-order valence-corrected chi connectivity index (χ4v) is 2.20. The van der Waals surface area contributed by atoms with E-state index < -0.39 is 0 Å². The molecule has 6 heteroatoms. The fourth-order valence-electron chi connectivity index (χ4n) is 1.74. The molecule has 0 aliphatic rings. The minimum atomic E-state index is -0.204. The Hall–Kier alpha value is -1.49. The quantitative estimate of drug-likeness (QED) is 0.841. The molecule has 0 amide bonds. The Morgan fingerprint density at radius 2 is 2.00 bits per heavy atom. The molecule has 0 aliphatic carbocycles. The van der Waals surface area contributed by atoms with E-state index in [1.807, 2.05) is 34.0 Å². The van der Waals surface area contributed by atoms with Gasteiger partial charge in [-0.15, -0.1) is 0 Å². The molecule has 5 nitrogen and oxygen atoms in total. The fraction of sp³-hybridized carbons (Fsp3) is 0.500. The van der Waals surface area contributed by atoms with E-state index in [0.29, 0.717) is 16.6 Å². The van der Waals surface area contributed by atoms with Crippen molar-refractivity contribution in [2.45, 2.75) is 26.3 Å². The summed E-state index contributed by atoms with van der Waals surface area (Å²) in [4.78, 5) is 0. The Morgan fingerprint density at radius 3 is 2.44 bits per heavy atom. The maximum absolute atomic E-state index is 6.32. The number of hydrogen-bond donors (Lipinski definition) is 0. The van der Waals surface area contributed by atoms with Crippen molar-refractivity contribution in [1.82, 2.24) is 19.6 Å². The van der Waals surface area contributed by atoms with E-state index in [2.05, 4.69) is 10.2 Å². The number of aryl methyl sites for hydroxylation is 1. The summed E-state index contributed by atoms with van der Waals surface area (Å²) in [5.74, 6) is 0.583. The number of hydrogen-bond acceptors (Lipinski definition) is 3. The van der Waals surface area contributed by atoms with Gasteiger partial charge < -0.3 is 4.74 Å². The maximum atomic E-state index is 6.32.